The topological polar surface area (TPSA) is 69.7 Å². The summed E-state index contributed by atoms with van der Waals surface area (Å²) in [6, 6.07) is 0. The Morgan fingerprint density at radius 3 is 2.20 bits per heavy atom. The number of carbonyl (C=O) groups excluding carboxylic acids is 1. The third-order valence-corrected chi connectivity index (χ3v) is 14.6. The van der Waals surface area contributed by atoms with Gasteiger partial charge in [0.15, 0.2) is 0 Å². The molecule has 0 bridgehead atoms. The van der Waals surface area contributed by atoms with Gasteiger partial charge in [0, 0.05) is 5.41 Å². The highest BCUT2D eigenvalue weighted by atomic mass is 32.2. The number of hydrogen-bond donors (Lipinski definition) is 0. The zero-order valence-electron chi connectivity index (χ0n) is 25.6. The van der Waals surface area contributed by atoms with Crippen LogP contribution in [0.1, 0.15) is 99.3 Å². The van der Waals surface area contributed by atoms with Gasteiger partial charge in [-0.15, -0.1) is 0 Å². The number of fused-ring (bicyclic) bond motifs is 7. The van der Waals surface area contributed by atoms with E-state index < -0.39 is 26.5 Å². The first-order chi connectivity index (χ1) is 18.7. The van der Waals surface area contributed by atoms with Crippen LogP contribution < -0.4 is 0 Å². The van der Waals surface area contributed by atoms with E-state index in [1.165, 1.54) is 7.11 Å². The molecule has 0 amide bonds. The van der Waals surface area contributed by atoms with Crippen molar-refractivity contribution in [2.24, 2.45) is 56.7 Å². The van der Waals surface area contributed by atoms with Gasteiger partial charge in [0.2, 0.25) is 0 Å². The summed E-state index contributed by atoms with van der Waals surface area (Å²) >= 11 is 0. The van der Waals surface area contributed by atoms with E-state index in [1.807, 2.05) is 13.8 Å². The zero-order valence-corrected chi connectivity index (χ0v) is 26.4. The number of esters is 1. The van der Waals surface area contributed by atoms with E-state index in [0.29, 0.717) is 18.3 Å². The quantitative estimate of drug-likeness (QED) is 0.141. The van der Waals surface area contributed by atoms with Crippen LogP contribution in [-0.4, -0.2) is 27.0 Å². The van der Waals surface area contributed by atoms with Gasteiger partial charge in [-0.3, -0.25) is 4.79 Å². The standard InChI is InChI=1S/C32H47F3O5S/c1-19(2)20-11-16-31(26(36)39-8)18-17-29(6)21(25(20)31)9-10-23-28(5)14-13-24(40-41(37,38)32(33,34)35)27(3,4)22(28)12-15-30(23,29)7/h13,20-23,25H,1,9-12,14-18H2,2-8H3/t20-,21+,22-,23+,25+,28-,29+,30+,31-/m0/s1. The average molecular weight is 601 g/mol. The Bertz CT molecular complexity index is 1270. The Kier molecular flexibility index (Phi) is 6.98. The zero-order chi connectivity index (χ0) is 30.6. The molecule has 0 N–H and O–H groups in total. The van der Waals surface area contributed by atoms with Gasteiger partial charge in [0.1, 0.15) is 5.76 Å². The smallest absolute Gasteiger partial charge is 0.469 e. The molecule has 232 valence electrons. The molecule has 4 fully saturated rings. The summed E-state index contributed by atoms with van der Waals surface area (Å²) < 4.78 is 73.8. The van der Waals surface area contributed by atoms with Crippen molar-refractivity contribution in [3.63, 3.8) is 0 Å². The highest BCUT2D eigenvalue weighted by Crippen LogP contribution is 2.77. The maximum atomic E-state index is 13.4. The van der Waals surface area contributed by atoms with Crippen LogP contribution in [-0.2, 0) is 23.8 Å². The van der Waals surface area contributed by atoms with Crippen molar-refractivity contribution in [2.45, 2.75) is 105 Å². The fraction of sp³-hybridized carbons (Fsp3) is 0.844. The van der Waals surface area contributed by atoms with Crippen LogP contribution in [0.2, 0.25) is 0 Å². The van der Waals surface area contributed by atoms with Gasteiger partial charge in [-0.25, -0.2) is 0 Å². The number of hydrogen-bond acceptors (Lipinski definition) is 5. The van der Waals surface area contributed by atoms with Crippen LogP contribution in [0.3, 0.4) is 0 Å². The summed E-state index contributed by atoms with van der Waals surface area (Å²) in [5.41, 5.74) is -5.93. The van der Waals surface area contributed by atoms with Crippen molar-refractivity contribution in [2.75, 3.05) is 7.11 Å². The van der Waals surface area contributed by atoms with Gasteiger partial charge in [0.25, 0.3) is 0 Å². The van der Waals surface area contributed by atoms with E-state index in [9.17, 15) is 26.4 Å². The van der Waals surface area contributed by atoms with Crippen molar-refractivity contribution in [3.05, 3.63) is 24.0 Å². The molecule has 4 saturated carbocycles. The number of halogens is 3. The number of ether oxygens (including phenoxy) is 1. The molecule has 5 nitrogen and oxygen atoms in total. The molecule has 9 atom stereocenters. The molecule has 5 rings (SSSR count). The second-order valence-corrected chi connectivity index (χ2v) is 16.8. The Hall–Kier alpha value is -1.51. The largest absolute Gasteiger partial charge is 0.534 e. The van der Waals surface area contributed by atoms with E-state index in [4.69, 9.17) is 8.92 Å². The minimum absolute atomic E-state index is 0.0195. The second-order valence-electron chi connectivity index (χ2n) is 15.3. The monoisotopic (exact) mass is 600 g/mol. The Balaban J connectivity index is 1.52. The van der Waals surface area contributed by atoms with Crippen LogP contribution in [0.4, 0.5) is 13.2 Å². The summed E-state index contributed by atoms with van der Waals surface area (Å²) in [5.74, 6) is 0.963. The lowest BCUT2D eigenvalue weighted by Gasteiger charge is -2.72. The third-order valence-electron chi connectivity index (χ3n) is 13.6. The van der Waals surface area contributed by atoms with Crippen LogP contribution >= 0.6 is 0 Å². The molecule has 5 aliphatic rings. The molecule has 0 spiro atoms. The molecule has 0 aromatic heterocycles. The Morgan fingerprint density at radius 1 is 0.951 bits per heavy atom. The van der Waals surface area contributed by atoms with E-state index in [1.54, 1.807) is 6.08 Å². The van der Waals surface area contributed by atoms with E-state index >= 15 is 0 Å². The number of allylic oxidation sites excluding steroid dienone is 3. The van der Waals surface area contributed by atoms with Crippen LogP contribution in [0.25, 0.3) is 0 Å². The first kappa shape index (κ1) is 30.9. The summed E-state index contributed by atoms with van der Waals surface area (Å²) in [5, 5.41) is 0. The molecule has 0 aliphatic heterocycles. The van der Waals surface area contributed by atoms with Crippen molar-refractivity contribution < 1.29 is 35.3 Å². The second kappa shape index (κ2) is 9.25. The van der Waals surface area contributed by atoms with Crippen molar-refractivity contribution in [3.8, 4) is 0 Å². The van der Waals surface area contributed by atoms with Crippen LogP contribution in [0, 0.1) is 56.7 Å². The van der Waals surface area contributed by atoms with Crippen molar-refractivity contribution in [1.29, 1.82) is 0 Å². The van der Waals surface area contributed by atoms with E-state index in [-0.39, 0.29) is 45.7 Å². The lowest BCUT2D eigenvalue weighted by Crippen LogP contribution is -2.66. The molecule has 9 heteroatoms. The van der Waals surface area contributed by atoms with Gasteiger partial charge in [-0.05, 0) is 117 Å². The molecule has 5 aliphatic carbocycles. The highest BCUT2D eigenvalue weighted by Gasteiger charge is 2.72. The molecule has 0 unspecified atom stereocenters. The Morgan fingerprint density at radius 2 is 1.61 bits per heavy atom. The molecule has 0 aromatic rings. The predicted octanol–water partition coefficient (Wildman–Crippen LogP) is 8.18. The van der Waals surface area contributed by atoms with Crippen LogP contribution in [0.15, 0.2) is 24.0 Å². The number of rotatable bonds is 4. The van der Waals surface area contributed by atoms with E-state index in [0.717, 1.165) is 56.9 Å². The maximum absolute atomic E-state index is 13.4. The SMILES string of the molecule is C=C(C)[C@@H]1CC[C@]2(C(=O)OC)CC[C@]3(C)[C@H](CC[C@@H]4[C@@]5(C)CC=C(OS(=O)(=O)C(F)(F)F)C(C)(C)[C@@H]5CC[C@]43C)[C@@H]12. The first-order valence-electron chi connectivity index (χ1n) is 15.2. The lowest BCUT2D eigenvalue weighted by atomic mass is 9.32. The minimum Gasteiger partial charge on any atom is -0.469 e. The molecule has 0 aromatic carbocycles. The average Bonchev–Trinajstić information content (AvgIpc) is 3.26. The fourth-order valence-electron chi connectivity index (χ4n) is 11.6. The maximum Gasteiger partial charge on any atom is 0.534 e. The number of methoxy groups -OCH3 is 1. The first-order valence-corrected chi connectivity index (χ1v) is 16.6. The van der Waals surface area contributed by atoms with Gasteiger partial charge in [0.05, 0.1) is 12.5 Å². The molecule has 0 radical (unpaired) electrons. The van der Waals surface area contributed by atoms with E-state index in [2.05, 4.69) is 34.3 Å². The summed E-state index contributed by atoms with van der Waals surface area (Å²) in [6.07, 6.45) is 9.31. The number of alkyl halides is 3. The van der Waals surface area contributed by atoms with Crippen molar-refractivity contribution >= 4 is 16.1 Å². The normalized spacial score (nSPS) is 45.3. The van der Waals surface area contributed by atoms with Gasteiger partial charge in [-0.1, -0.05) is 46.8 Å². The predicted molar refractivity (Wildman–Crippen MR) is 151 cm³/mol. The Labute approximate surface area is 243 Å². The van der Waals surface area contributed by atoms with Crippen LogP contribution in [0.5, 0.6) is 0 Å². The highest BCUT2D eigenvalue weighted by molar-refractivity contribution is 7.87. The summed E-state index contributed by atoms with van der Waals surface area (Å²) in [6.45, 7) is 17.3. The summed E-state index contributed by atoms with van der Waals surface area (Å²) in [7, 11) is -4.23. The lowest BCUT2D eigenvalue weighted by molar-refractivity contribution is -0.231. The third kappa shape index (κ3) is 3.98. The molecule has 0 heterocycles. The molecular weight excluding hydrogens is 553 g/mol. The van der Waals surface area contributed by atoms with Gasteiger partial charge >= 0.3 is 21.6 Å². The van der Waals surface area contributed by atoms with Gasteiger partial charge < -0.3 is 8.92 Å². The van der Waals surface area contributed by atoms with Crippen molar-refractivity contribution in [1.82, 2.24) is 0 Å². The number of carbonyl (C=O) groups is 1. The molecule has 41 heavy (non-hydrogen) atoms. The molecule has 0 saturated heterocycles. The van der Waals surface area contributed by atoms with Gasteiger partial charge in [-0.2, -0.15) is 21.6 Å². The molecular formula is C32H47F3O5S. The fourth-order valence-corrected chi connectivity index (χ4v) is 12.2. The minimum atomic E-state index is -5.74. The summed E-state index contributed by atoms with van der Waals surface area (Å²) in [4.78, 5) is 13.4.